The molecule has 0 aromatic carbocycles. The topological polar surface area (TPSA) is 74.7 Å². The van der Waals surface area contributed by atoms with Gasteiger partial charge in [-0.05, 0) is 18.7 Å². The van der Waals surface area contributed by atoms with Gasteiger partial charge in [-0.25, -0.2) is 9.97 Å². The molecule has 1 N–H and O–H groups in total. The molecule has 0 aliphatic heterocycles. The fourth-order valence-electron chi connectivity index (χ4n) is 1.35. The van der Waals surface area contributed by atoms with E-state index in [0.29, 0.717) is 23.7 Å². The fraction of sp³-hybridized carbons (Fsp3) is 0.250. The van der Waals surface area contributed by atoms with Gasteiger partial charge in [-0.2, -0.15) is 5.26 Å². The Kier molecular flexibility index (Phi) is 3.48. The first kappa shape index (κ1) is 11.3. The van der Waals surface area contributed by atoms with Crippen LogP contribution in [0.3, 0.4) is 0 Å². The Morgan fingerprint density at radius 2 is 2.35 bits per heavy atom. The minimum absolute atomic E-state index is 0.474. The van der Waals surface area contributed by atoms with Crippen LogP contribution >= 0.6 is 0 Å². The molecule has 0 fully saturated rings. The van der Waals surface area contributed by atoms with Crippen LogP contribution in [0, 0.1) is 11.3 Å². The average Bonchev–Trinajstić information content (AvgIpc) is 2.85. The van der Waals surface area contributed by atoms with Gasteiger partial charge in [0.2, 0.25) is 5.89 Å². The third kappa shape index (κ3) is 2.68. The highest BCUT2D eigenvalue weighted by Gasteiger charge is 2.07. The number of aromatic nitrogens is 2. The lowest BCUT2D eigenvalue weighted by atomic mass is 10.3. The Balaban J connectivity index is 2.16. The highest BCUT2D eigenvalue weighted by atomic mass is 16.3. The van der Waals surface area contributed by atoms with Crippen molar-refractivity contribution in [1.29, 1.82) is 5.26 Å². The first-order valence-corrected chi connectivity index (χ1v) is 5.35. The predicted molar refractivity (Wildman–Crippen MR) is 61.8 cm³/mol. The zero-order valence-electron chi connectivity index (χ0n) is 9.47. The van der Waals surface area contributed by atoms with Crippen molar-refractivity contribution >= 4 is 0 Å². The van der Waals surface area contributed by atoms with Crippen molar-refractivity contribution in [3.8, 4) is 17.7 Å². The maximum atomic E-state index is 8.66. The van der Waals surface area contributed by atoms with Gasteiger partial charge >= 0.3 is 0 Å². The third-order valence-electron chi connectivity index (χ3n) is 2.22. The number of hydrogen-bond donors (Lipinski definition) is 1. The summed E-state index contributed by atoms with van der Waals surface area (Å²) in [6.07, 6.45) is 3.11. The third-order valence-corrected chi connectivity index (χ3v) is 2.22. The summed E-state index contributed by atoms with van der Waals surface area (Å²) in [4.78, 5) is 8.41. The molecule has 0 aliphatic carbocycles. The van der Waals surface area contributed by atoms with Crippen LogP contribution in [-0.2, 0) is 6.54 Å². The van der Waals surface area contributed by atoms with Gasteiger partial charge in [0, 0.05) is 12.7 Å². The number of oxazole rings is 1. The Morgan fingerprint density at radius 1 is 1.47 bits per heavy atom. The summed E-state index contributed by atoms with van der Waals surface area (Å²) in [7, 11) is 0. The quantitative estimate of drug-likeness (QED) is 0.862. The first-order valence-electron chi connectivity index (χ1n) is 5.35. The minimum Gasteiger partial charge on any atom is -0.443 e. The summed E-state index contributed by atoms with van der Waals surface area (Å²) in [6, 6.07) is 5.43. The molecule has 0 unspecified atom stereocenters. The largest absolute Gasteiger partial charge is 0.443 e. The monoisotopic (exact) mass is 228 g/mol. The molecular weight excluding hydrogens is 216 g/mol. The number of nitrogens with zero attached hydrogens (tertiary/aromatic N) is 3. The number of nitrogens with one attached hydrogen (secondary N) is 1. The van der Waals surface area contributed by atoms with Crippen molar-refractivity contribution in [3.63, 3.8) is 0 Å². The molecule has 2 heterocycles. The van der Waals surface area contributed by atoms with Crippen LogP contribution < -0.4 is 5.32 Å². The van der Waals surface area contributed by atoms with E-state index in [1.54, 1.807) is 18.4 Å². The molecule has 86 valence electrons. The lowest BCUT2D eigenvalue weighted by Crippen LogP contribution is -2.11. The summed E-state index contributed by atoms with van der Waals surface area (Å²) in [5, 5.41) is 11.8. The number of rotatable bonds is 4. The van der Waals surface area contributed by atoms with E-state index < -0.39 is 0 Å². The lowest BCUT2D eigenvalue weighted by Gasteiger charge is -1.95. The van der Waals surface area contributed by atoms with E-state index in [1.807, 2.05) is 13.0 Å². The molecule has 17 heavy (non-hydrogen) atoms. The van der Waals surface area contributed by atoms with Gasteiger partial charge in [0.15, 0.2) is 0 Å². The van der Waals surface area contributed by atoms with Crippen LogP contribution in [0.1, 0.15) is 18.2 Å². The molecule has 0 spiro atoms. The standard InChI is InChI=1S/C12H12N4O/c1-2-14-7-10-8-17-12(16-10)11-4-3-9(5-13)6-15-11/h3-4,6,8,14H,2,7H2,1H3. The molecule has 5 heteroatoms. The minimum atomic E-state index is 0.474. The van der Waals surface area contributed by atoms with Crippen LogP contribution in [0.5, 0.6) is 0 Å². The van der Waals surface area contributed by atoms with Gasteiger partial charge in [0.1, 0.15) is 18.0 Å². The fourth-order valence-corrected chi connectivity index (χ4v) is 1.35. The molecule has 2 aromatic heterocycles. The summed E-state index contributed by atoms with van der Waals surface area (Å²) < 4.78 is 5.32. The molecule has 5 nitrogen and oxygen atoms in total. The van der Waals surface area contributed by atoms with Crippen molar-refractivity contribution < 1.29 is 4.42 Å². The van der Waals surface area contributed by atoms with E-state index in [0.717, 1.165) is 12.2 Å². The molecule has 0 saturated carbocycles. The second kappa shape index (κ2) is 5.23. The summed E-state index contributed by atoms with van der Waals surface area (Å²) in [5.74, 6) is 0.474. The molecule has 2 rings (SSSR count). The average molecular weight is 228 g/mol. The maximum Gasteiger partial charge on any atom is 0.245 e. The van der Waals surface area contributed by atoms with Crippen molar-refractivity contribution in [2.45, 2.75) is 13.5 Å². The predicted octanol–water partition coefficient (Wildman–Crippen LogP) is 1.72. The molecule has 2 aromatic rings. The Labute approximate surface area is 99.1 Å². The molecule has 0 bridgehead atoms. The van der Waals surface area contributed by atoms with Gasteiger partial charge in [-0.1, -0.05) is 6.92 Å². The second-order valence-corrected chi connectivity index (χ2v) is 3.47. The van der Waals surface area contributed by atoms with E-state index >= 15 is 0 Å². The van der Waals surface area contributed by atoms with Gasteiger partial charge in [-0.3, -0.25) is 0 Å². The molecule has 0 aliphatic rings. The van der Waals surface area contributed by atoms with Crippen LogP contribution in [0.15, 0.2) is 29.0 Å². The van der Waals surface area contributed by atoms with Crippen LogP contribution in [0.25, 0.3) is 11.6 Å². The van der Waals surface area contributed by atoms with Crippen LogP contribution in [-0.4, -0.2) is 16.5 Å². The zero-order chi connectivity index (χ0) is 12.1. The zero-order valence-corrected chi connectivity index (χ0v) is 9.47. The van der Waals surface area contributed by atoms with Gasteiger partial charge in [0.05, 0.1) is 11.3 Å². The van der Waals surface area contributed by atoms with Gasteiger partial charge in [0.25, 0.3) is 0 Å². The van der Waals surface area contributed by atoms with E-state index in [9.17, 15) is 0 Å². The maximum absolute atomic E-state index is 8.66. The smallest absolute Gasteiger partial charge is 0.245 e. The first-order chi connectivity index (χ1) is 8.33. The molecule has 0 atom stereocenters. The van der Waals surface area contributed by atoms with E-state index in [-0.39, 0.29) is 0 Å². The number of nitriles is 1. The summed E-state index contributed by atoms with van der Waals surface area (Å²) in [6.45, 7) is 3.59. The van der Waals surface area contributed by atoms with Gasteiger partial charge < -0.3 is 9.73 Å². The van der Waals surface area contributed by atoms with Crippen LogP contribution in [0.4, 0.5) is 0 Å². The van der Waals surface area contributed by atoms with Gasteiger partial charge in [-0.15, -0.1) is 0 Å². The van der Waals surface area contributed by atoms with Crippen molar-refractivity contribution in [3.05, 3.63) is 35.9 Å². The Bertz CT molecular complexity index is 524. The second-order valence-electron chi connectivity index (χ2n) is 3.47. The molecule has 0 amide bonds. The van der Waals surface area contributed by atoms with E-state index in [4.69, 9.17) is 9.68 Å². The molecular formula is C12H12N4O. The van der Waals surface area contributed by atoms with Crippen LogP contribution in [0.2, 0.25) is 0 Å². The highest BCUT2D eigenvalue weighted by Crippen LogP contribution is 2.16. The summed E-state index contributed by atoms with van der Waals surface area (Å²) >= 11 is 0. The lowest BCUT2D eigenvalue weighted by molar-refractivity contribution is 0.568. The molecule has 0 saturated heterocycles. The number of pyridine rings is 1. The van der Waals surface area contributed by atoms with E-state index in [1.165, 1.54) is 6.20 Å². The van der Waals surface area contributed by atoms with Crippen molar-refractivity contribution in [1.82, 2.24) is 15.3 Å². The molecule has 0 radical (unpaired) electrons. The number of hydrogen-bond acceptors (Lipinski definition) is 5. The Hall–Kier alpha value is -2.19. The highest BCUT2D eigenvalue weighted by molar-refractivity contribution is 5.48. The van der Waals surface area contributed by atoms with Crippen molar-refractivity contribution in [2.24, 2.45) is 0 Å². The normalized spacial score (nSPS) is 10.1. The van der Waals surface area contributed by atoms with E-state index in [2.05, 4.69) is 15.3 Å². The Morgan fingerprint density at radius 3 is 3.00 bits per heavy atom. The summed E-state index contributed by atoms with van der Waals surface area (Å²) in [5.41, 5.74) is 1.99. The SMILES string of the molecule is CCNCc1coc(-c2ccc(C#N)cn2)n1. The van der Waals surface area contributed by atoms with Crippen molar-refractivity contribution in [2.75, 3.05) is 6.54 Å².